The molecule has 0 aromatic heterocycles. The van der Waals surface area contributed by atoms with Gasteiger partial charge in [-0.05, 0) is 101 Å². The highest BCUT2D eigenvalue weighted by Crippen LogP contribution is 2.45. The molecule has 2 saturated heterocycles. The molecule has 2 heterocycles. The largest absolute Gasteiger partial charge is 0.573 e. The fourth-order valence-electron chi connectivity index (χ4n) is 5.80. The fraction of sp³-hybridized carbons (Fsp3) is 0.552. The van der Waals surface area contributed by atoms with E-state index < -0.39 is 29.5 Å². The maximum absolute atomic E-state index is 15.1. The Balaban J connectivity index is 1.29. The van der Waals surface area contributed by atoms with Gasteiger partial charge in [0.1, 0.15) is 29.0 Å². The first kappa shape index (κ1) is 28.0. The predicted molar refractivity (Wildman–Crippen MR) is 138 cm³/mol. The van der Waals surface area contributed by atoms with Crippen LogP contribution in [0.15, 0.2) is 30.3 Å². The van der Waals surface area contributed by atoms with E-state index in [2.05, 4.69) is 9.64 Å². The average molecular weight is 570 g/mol. The van der Waals surface area contributed by atoms with Crippen LogP contribution in [-0.2, 0) is 11.3 Å². The molecule has 0 radical (unpaired) electrons. The number of carbonyl (C=O) groups is 1. The van der Waals surface area contributed by atoms with Crippen molar-refractivity contribution >= 4 is 17.6 Å². The average Bonchev–Trinajstić information content (AvgIpc) is 3.58. The topological polar surface area (TPSA) is 48.0 Å². The lowest BCUT2D eigenvalue weighted by molar-refractivity contribution is -0.274. The Morgan fingerprint density at radius 3 is 2.21 bits per heavy atom. The third kappa shape index (κ3) is 6.98. The Morgan fingerprint density at radius 1 is 0.974 bits per heavy atom. The zero-order valence-corrected chi connectivity index (χ0v) is 22.9. The second-order valence-electron chi connectivity index (χ2n) is 11.7. The number of benzene rings is 2. The van der Waals surface area contributed by atoms with Gasteiger partial charge in [-0.3, -0.25) is 4.90 Å². The summed E-state index contributed by atoms with van der Waals surface area (Å²) in [5, 5.41) is 0.0941. The number of halogens is 5. The van der Waals surface area contributed by atoms with E-state index in [9.17, 15) is 18.0 Å². The second kappa shape index (κ2) is 10.5. The molecule has 3 atom stereocenters. The van der Waals surface area contributed by atoms with Gasteiger partial charge in [0.25, 0.3) is 0 Å². The molecule has 2 bridgehead atoms. The van der Waals surface area contributed by atoms with Gasteiger partial charge in [0.2, 0.25) is 0 Å². The van der Waals surface area contributed by atoms with Crippen LogP contribution < -0.4 is 9.47 Å². The molecule has 3 aliphatic rings. The van der Waals surface area contributed by atoms with Gasteiger partial charge in [0.05, 0.1) is 5.56 Å². The molecule has 3 fully saturated rings. The first-order chi connectivity index (χ1) is 18.2. The number of esters is 1. The lowest BCUT2D eigenvalue weighted by Gasteiger charge is -2.39. The van der Waals surface area contributed by atoms with Crippen LogP contribution >= 0.6 is 11.6 Å². The summed E-state index contributed by atoms with van der Waals surface area (Å²) in [5.74, 6) is -1.11. The minimum absolute atomic E-state index is 0.0268. The Labute approximate surface area is 230 Å². The van der Waals surface area contributed by atoms with Crippen molar-refractivity contribution in [3.05, 3.63) is 57.9 Å². The molecule has 1 aliphatic carbocycles. The van der Waals surface area contributed by atoms with Crippen LogP contribution in [0.1, 0.15) is 86.7 Å². The molecule has 39 heavy (non-hydrogen) atoms. The van der Waals surface area contributed by atoms with E-state index in [1.54, 1.807) is 26.8 Å². The molecule has 212 valence electrons. The third-order valence-corrected chi connectivity index (χ3v) is 7.66. The lowest BCUT2D eigenvalue weighted by Crippen LogP contribution is -2.45. The number of piperidine rings is 1. The van der Waals surface area contributed by atoms with Crippen LogP contribution in [0.25, 0.3) is 0 Å². The van der Waals surface area contributed by atoms with Crippen molar-refractivity contribution in [1.29, 1.82) is 0 Å². The van der Waals surface area contributed by atoms with Gasteiger partial charge < -0.3 is 14.2 Å². The summed E-state index contributed by atoms with van der Waals surface area (Å²) in [5.41, 5.74) is 1.15. The molecule has 0 amide bonds. The molecule has 10 heteroatoms. The summed E-state index contributed by atoms with van der Waals surface area (Å²) in [6.45, 7) is 5.83. The zero-order valence-electron chi connectivity index (χ0n) is 22.1. The molecule has 0 N–H and O–H groups in total. The molecule has 2 aromatic rings. The molecular weight excluding hydrogens is 538 g/mol. The van der Waals surface area contributed by atoms with Crippen molar-refractivity contribution in [2.75, 3.05) is 0 Å². The molecule has 2 aliphatic heterocycles. The van der Waals surface area contributed by atoms with Crippen molar-refractivity contribution < 1.29 is 36.6 Å². The first-order valence-electron chi connectivity index (χ1n) is 13.3. The summed E-state index contributed by atoms with van der Waals surface area (Å²) in [6, 6.07) is 7.33. The lowest BCUT2D eigenvalue weighted by atomic mass is 9.95. The van der Waals surface area contributed by atoms with Gasteiger partial charge in [-0.25, -0.2) is 9.18 Å². The zero-order chi connectivity index (χ0) is 28.1. The van der Waals surface area contributed by atoms with E-state index in [0.717, 1.165) is 42.9 Å². The summed E-state index contributed by atoms with van der Waals surface area (Å²) < 4.78 is 68.7. The predicted octanol–water partition coefficient (Wildman–Crippen LogP) is 7.78. The molecule has 1 saturated carbocycles. The Bertz CT molecular complexity index is 1230. The minimum atomic E-state index is -4.82. The van der Waals surface area contributed by atoms with Gasteiger partial charge >= 0.3 is 12.3 Å². The highest BCUT2D eigenvalue weighted by molar-refractivity contribution is 6.30. The summed E-state index contributed by atoms with van der Waals surface area (Å²) >= 11 is 6.00. The number of carbonyl (C=O) groups excluding carboxylic acids is 1. The summed E-state index contributed by atoms with van der Waals surface area (Å²) in [7, 11) is 0. The van der Waals surface area contributed by atoms with Crippen LogP contribution in [0.4, 0.5) is 17.6 Å². The summed E-state index contributed by atoms with van der Waals surface area (Å²) in [4.78, 5) is 15.0. The first-order valence-corrected chi connectivity index (χ1v) is 13.7. The number of alkyl halides is 3. The maximum atomic E-state index is 15.1. The Kier molecular flexibility index (Phi) is 7.52. The van der Waals surface area contributed by atoms with Gasteiger partial charge in [0.15, 0.2) is 0 Å². The van der Waals surface area contributed by atoms with E-state index in [-0.39, 0.29) is 34.5 Å². The number of hydrogen-bond donors (Lipinski definition) is 0. The van der Waals surface area contributed by atoms with Gasteiger partial charge in [0, 0.05) is 29.7 Å². The fourth-order valence-corrected chi connectivity index (χ4v) is 6.01. The van der Waals surface area contributed by atoms with Crippen LogP contribution in [0.5, 0.6) is 11.5 Å². The molecular formula is C29H32ClF4NO4. The number of rotatable bonds is 7. The normalized spacial score (nSPS) is 23.5. The number of fused-ring (bicyclic) bond motifs is 2. The van der Waals surface area contributed by atoms with Crippen LogP contribution in [0.2, 0.25) is 5.02 Å². The minimum Gasteiger partial charge on any atom is -0.490 e. The van der Waals surface area contributed by atoms with E-state index >= 15 is 4.39 Å². The maximum Gasteiger partial charge on any atom is 0.573 e. The van der Waals surface area contributed by atoms with Gasteiger partial charge in [-0.15, -0.1) is 13.2 Å². The monoisotopic (exact) mass is 569 g/mol. The standard InChI is InChI=1S/C29H32ClF4NO4/c1-28(2,3)39-27(36)25-14-24(16-4-5-16)17(8-26(25)31)15-35-19-6-7-20(35)12-22(11-19)37-21-9-18(30)10-23(13-21)38-29(32,33)34/h8-10,13-14,16,19-20,22H,4-7,11-12,15H2,1-3H3/t19-,20+,22-. The Morgan fingerprint density at radius 2 is 1.62 bits per heavy atom. The van der Waals surface area contributed by atoms with Crippen molar-refractivity contribution in [3.8, 4) is 11.5 Å². The van der Waals surface area contributed by atoms with E-state index in [1.807, 2.05) is 0 Å². The van der Waals surface area contributed by atoms with Crippen LogP contribution in [-0.4, -0.2) is 41.0 Å². The third-order valence-electron chi connectivity index (χ3n) is 7.44. The number of ether oxygens (including phenoxy) is 3. The Hall–Kier alpha value is -2.52. The molecule has 0 unspecified atom stereocenters. The smallest absolute Gasteiger partial charge is 0.490 e. The van der Waals surface area contributed by atoms with Crippen molar-refractivity contribution in [1.82, 2.24) is 4.90 Å². The van der Waals surface area contributed by atoms with Crippen molar-refractivity contribution in [2.45, 2.75) is 102 Å². The molecule has 2 aromatic carbocycles. The van der Waals surface area contributed by atoms with Gasteiger partial charge in [-0.2, -0.15) is 0 Å². The number of nitrogens with zero attached hydrogens (tertiary/aromatic N) is 1. The van der Waals surface area contributed by atoms with Crippen LogP contribution in [0.3, 0.4) is 0 Å². The van der Waals surface area contributed by atoms with Gasteiger partial charge in [-0.1, -0.05) is 11.6 Å². The molecule has 5 nitrogen and oxygen atoms in total. The SMILES string of the molecule is CC(C)(C)OC(=O)c1cc(C2CC2)c(CN2[C@@H]3CC[C@H]2C[C@H](Oc2cc(Cl)cc(OC(F)(F)F)c2)C3)cc1F. The van der Waals surface area contributed by atoms with E-state index in [4.69, 9.17) is 21.1 Å². The highest BCUT2D eigenvalue weighted by Gasteiger charge is 2.42. The quantitative estimate of drug-likeness (QED) is 0.252. The summed E-state index contributed by atoms with van der Waals surface area (Å²) in [6.07, 6.45) is 0.301. The number of hydrogen-bond acceptors (Lipinski definition) is 5. The molecule has 0 spiro atoms. The van der Waals surface area contributed by atoms with Crippen LogP contribution in [0, 0.1) is 5.82 Å². The second-order valence-corrected chi connectivity index (χ2v) is 12.2. The van der Waals surface area contributed by atoms with Crippen molar-refractivity contribution in [2.24, 2.45) is 0 Å². The van der Waals surface area contributed by atoms with E-state index in [0.29, 0.717) is 25.3 Å². The van der Waals surface area contributed by atoms with E-state index in [1.165, 1.54) is 18.2 Å². The highest BCUT2D eigenvalue weighted by atomic mass is 35.5. The molecule has 5 rings (SSSR count). The van der Waals surface area contributed by atoms with Crippen molar-refractivity contribution in [3.63, 3.8) is 0 Å².